The maximum absolute atomic E-state index is 8.56. The van der Waals surface area contributed by atoms with Crippen LogP contribution in [0.5, 0.6) is 0 Å². The lowest BCUT2D eigenvalue weighted by molar-refractivity contribution is 0.317. The fraction of sp³-hybridized carbons (Fsp3) is 0.583. The second-order valence-corrected chi connectivity index (χ2v) is 4.40. The third-order valence-electron chi connectivity index (χ3n) is 3.30. The number of aromatic nitrogens is 2. The van der Waals surface area contributed by atoms with Gasteiger partial charge < -0.3 is 15.8 Å². The Kier molecular flexibility index (Phi) is 3.96. The SMILES string of the molecule is CCN(CCC(N)=NO)c1ncnc2c1CCC2. The highest BCUT2D eigenvalue weighted by Crippen LogP contribution is 2.27. The summed E-state index contributed by atoms with van der Waals surface area (Å²) in [6.45, 7) is 3.63. The average molecular weight is 249 g/mol. The van der Waals surface area contributed by atoms with Crippen LogP contribution in [0.3, 0.4) is 0 Å². The van der Waals surface area contributed by atoms with Gasteiger partial charge in [-0.15, -0.1) is 0 Å². The van der Waals surface area contributed by atoms with Crippen LogP contribution >= 0.6 is 0 Å². The number of nitrogens with zero attached hydrogens (tertiary/aromatic N) is 4. The fourth-order valence-corrected chi connectivity index (χ4v) is 2.33. The van der Waals surface area contributed by atoms with E-state index < -0.39 is 0 Å². The number of aryl methyl sites for hydroxylation is 1. The summed E-state index contributed by atoms with van der Waals surface area (Å²) >= 11 is 0. The van der Waals surface area contributed by atoms with Gasteiger partial charge in [-0.05, 0) is 26.2 Å². The summed E-state index contributed by atoms with van der Waals surface area (Å²) in [7, 11) is 0. The van der Waals surface area contributed by atoms with E-state index in [9.17, 15) is 0 Å². The van der Waals surface area contributed by atoms with Crippen LogP contribution in [-0.2, 0) is 12.8 Å². The molecule has 0 spiro atoms. The van der Waals surface area contributed by atoms with Gasteiger partial charge in [0.25, 0.3) is 0 Å². The van der Waals surface area contributed by atoms with Crippen molar-refractivity contribution < 1.29 is 5.21 Å². The van der Waals surface area contributed by atoms with Gasteiger partial charge >= 0.3 is 0 Å². The van der Waals surface area contributed by atoms with E-state index in [4.69, 9.17) is 10.9 Å². The highest BCUT2D eigenvalue weighted by molar-refractivity contribution is 5.80. The van der Waals surface area contributed by atoms with Crippen molar-refractivity contribution in [3.8, 4) is 0 Å². The normalized spacial score (nSPS) is 14.6. The zero-order chi connectivity index (χ0) is 13.0. The Bertz CT molecular complexity index is 446. The van der Waals surface area contributed by atoms with Gasteiger partial charge in [-0.25, -0.2) is 9.97 Å². The standard InChI is InChI=1S/C12H19N5O/c1-2-17(7-6-11(13)16-18)12-9-4-3-5-10(9)14-8-15-12/h8,18H,2-7H2,1H3,(H2,13,16). The number of anilines is 1. The minimum atomic E-state index is 0.249. The molecule has 0 atom stereocenters. The van der Waals surface area contributed by atoms with Crippen LogP contribution < -0.4 is 10.6 Å². The second-order valence-electron chi connectivity index (χ2n) is 4.40. The van der Waals surface area contributed by atoms with Crippen molar-refractivity contribution in [1.82, 2.24) is 9.97 Å². The Morgan fingerprint density at radius 3 is 3.06 bits per heavy atom. The van der Waals surface area contributed by atoms with Crippen molar-refractivity contribution in [3.63, 3.8) is 0 Å². The van der Waals surface area contributed by atoms with Gasteiger partial charge in [0.2, 0.25) is 0 Å². The van der Waals surface area contributed by atoms with Gasteiger partial charge in [0.15, 0.2) is 0 Å². The number of amidine groups is 1. The number of rotatable bonds is 5. The largest absolute Gasteiger partial charge is 0.409 e. The first-order valence-corrected chi connectivity index (χ1v) is 6.30. The molecule has 6 nitrogen and oxygen atoms in total. The summed E-state index contributed by atoms with van der Waals surface area (Å²) in [6, 6.07) is 0. The van der Waals surface area contributed by atoms with Gasteiger partial charge in [-0.1, -0.05) is 5.16 Å². The monoisotopic (exact) mass is 249 g/mol. The van der Waals surface area contributed by atoms with Crippen molar-refractivity contribution in [2.24, 2.45) is 10.9 Å². The summed E-state index contributed by atoms with van der Waals surface area (Å²) in [5.41, 5.74) is 7.94. The lowest BCUT2D eigenvalue weighted by atomic mass is 10.2. The van der Waals surface area contributed by atoms with E-state index in [-0.39, 0.29) is 5.84 Å². The molecular weight excluding hydrogens is 230 g/mol. The van der Waals surface area contributed by atoms with E-state index in [2.05, 4.69) is 26.9 Å². The van der Waals surface area contributed by atoms with Gasteiger partial charge in [0.05, 0.1) is 0 Å². The molecule has 0 saturated carbocycles. The van der Waals surface area contributed by atoms with Crippen LogP contribution in [0.15, 0.2) is 11.5 Å². The Morgan fingerprint density at radius 2 is 2.33 bits per heavy atom. The van der Waals surface area contributed by atoms with Gasteiger partial charge in [-0.2, -0.15) is 0 Å². The Balaban J connectivity index is 2.15. The molecule has 18 heavy (non-hydrogen) atoms. The molecular formula is C12H19N5O. The molecule has 2 rings (SSSR count). The molecule has 0 saturated heterocycles. The maximum atomic E-state index is 8.56. The fourth-order valence-electron chi connectivity index (χ4n) is 2.33. The number of fused-ring (bicyclic) bond motifs is 1. The van der Waals surface area contributed by atoms with Crippen LogP contribution in [0.2, 0.25) is 0 Å². The third-order valence-corrected chi connectivity index (χ3v) is 3.30. The van der Waals surface area contributed by atoms with E-state index in [0.717, 1.165) is 31.6 Å². The van der Waals surface area contributed by atoms with Crippen molar-refractivity contribution in [1.29, 1.82) is 0 Å². The molecule has 0 unspecified atom stereocenters. The number of hydrogen-bond acceptors (Lipinski definition) is 5. The molecule has 1 aliphatic rings. The molecule has 0 radical (unpaired) electrons. The molecule has 98 valence electrons. The van der Waals surface area contributed by atoms with Crippen LogP contribution in [-0.4, -0.2) is 34.1 Å². The predicted molar refractivity (Wildman–Crippen MR) is 70.0 cm³/mol. The summed E-state index contributed by atoms with van der Waals surface area (Å²) in [6.07, 6.45) is 5.40. The van der Waals surface area contributed by atoms with Crippen molar-refractivity contribution in [2.45, 2.75) is 32.6 Å². The van der Waals surface area contributed by atoms with Crippen molar-refractivity contribution >= 4 is 11.7 Å². The highest BCUT2D eigenvalue weighted by Gasteiger charge is 2.20. The molecule has 1 aliphatic carbocycles. The molecule has 0 aliphatic heterocycles. The molecule has 1 aromatic rings. The molecule has 1 heterocycles. The molecule has 1 aromatic heterocycles. The maximum Gasteiger partial charge on any atom is 0.140 e. The van der Waals surface area contributed by atoms with E-state index in [1.54, 1.807) is 6.33 Å². The van der Waals surface area contributed by atoms with Crippen LogP contribution in [0.25, 0.3) is 0 Å². The van der Waals surface area contributed by atoms with Crippen LogP contribution in [0.4, 0.5) is 5.82 Å². The number of hydrogen-bond donors (Lipinski definition) is 2. The van der Waals surface area contributed by atoms with Gasteiger partial charge in [0.1, 0.15) is 18.0 Å². The quantitative estimate of drug-likeness (QED) is 0.351. The predicted octanol–water partition coefficient (Wildman–Crippen LogP) is 0.928. The second kappa shape index (κ2) is 5.66. The van der Waals surface area contributed by atoms with Crippen molar-refractivity contribution in [2.75, 3.05) is 18.0 Å². The first-order chi connectivity index (χ1) is 8.76. The number of oxime groups is 1. The Morgan fingerprint density at radius 1 is 1.50 bits per heavy atom. The van der Waals surface area contributed by atoms with Gasteiger partial charge in [-0.3, -0.25) is 0 Å². The van der Waals surface area contributed by atoms with E-state index in [1.165, 1.54) is 11.3 Å². The van der Waals surface area contributed by atoms with E-state index in [1.807, 2.05) is 0 Å². The molecule has 0 bridgehead atoms. The van der Waals surface area contributed by atoms with Gasteiger partial charge in [0, 0.05) is 30.8 Å². The summed E-state index contributed by atoms with van der Waals surface area (Å²) in [5.74, 6) is 1.25. The van der Waals surface area contributed by atoms with Crippen molar-refractivity contribution in [3.05, 3.63) is 17.6 Å². The molecule has 6 heteroatoms. The summed E-state index contributed by atoms with van der Waals surface area (Å²) < 4.78 is 0. The highest BCUT2D eigenvalue weighted by atomic mass is 16.4. The molecule has 3 N–H and O–H groups in total. The lowest BCUT2D eigenvalue weighted by Gasteiger charge is -2.23. The minimum Gasteiger partial charge on any atom is -0.409 e. The van der Waals surface area contributed by atoms with E-state index in [0.29, 0.717) is 13.0 Å². The molecule has 0 fully saturated rings. The first-order valence-electron chi connectivity index (χ1n) is 6.30. The summed E-state index contributed by atoms with van der Waals surface area (Å²) in [5, 5.41) is 11.6. The lowest BCUT2D eigenvalue weighted by Crippen LogP contribution is -2.29. The Labute approximate surface area is 107 Å². The molecule has 0 amide bonds. The molecule has 0 aromatic carbocycles. The van der Waals surface area contributed by atoms with E-state index >= 15 is 0 Å². The minimum absolute atomic E-state index is 0.249. The zero-order valence-corrected chi connectivity index (χ0v) is 10.6. The average Bonchev–Trinajstić information content (AvgIpc) is 2.88. The third kappa shape index (κ3) is 2.52. The summed E-state index contributed by atoms with van der Waals surface area (Å²) in [4.78, 5) is 10.9. The number of nitrogens with two attached hydrogens (primary N) is 1. The Hall–Kier alpha value is -1.85. The van der Waals surface area contributed by atoms with Crippen LogP contribution in [0.1, 0.15) is 31.0 Å². The first kappa shape index (κ1) is 12.6. The topological polar surface area (TPSA) is 87.6 Å². The smallest absolute Gasteiger partial charge is 0.140 e. The zero-order valence-electron chi connectivity index (χ0n) is 10.6. The van der Waals surface area contributed by atoms with Crippen LogP contribution in [0, 0.1) is 0 Å².